The molecule has 0 radical (unpaired) electrons. The second kappa shape index (κ2) is 4.04. The van der Waals surface area contributed by atoms with E-state index < -0.39 is 5.54 Å². The number of aryl methyl sites for hydroxylation is 1. The van der Waals surface area contributed by atoms with Gasteiger partial charge in [0.15, 0.2) is 0 Å². The van der Waals surface area contributed by atoms with E-state index in [-0.39, 0.29) is 5.91 Å². The maximum Gasteiger partial charge on any atom is 0.235 e. The van der Waals surface area contributed by atoms with Gasteiger partial charge in [-0.2, -0.15) is 4.99 Å². The van der Waals surface area contributed by atoms with E-state index in [1.165, 1.54) is 0 Å². The summed E-state index contributed by atoms with van der Waals surface area (Å²) in [6.45, 7) is 4.08. The van der Waals surface area contributed by atoms with Crippen LogP contribution in [0.15, 0.2) is 11.1 Å². The molecular formula is C15H16N2O2. The van der Waals surface area contributed by atoms with Crippen LogP contribution in [0.4, 0.5) is 5.69 Å². The van der Waals surface area contributed by atoms with Gasteiger partial charge in [-0.25, -0.2) is 4.79 Å². The zero-order chi connectivity index (χ0) is 13.6. The average Bonchev–Trinajstić information content (AvgIpc) is 2.66. The van der Waals surface area contributed by atoms with Crippen molar-refractivity contribution in [3.63, 3.8) is 0 Å². The number of benzene rings is 1. The van der Waals surface area contributed by atoms with Crippen LogP contribution in [0.3, 0.4) is 0 Å². The third kappa shape index (κ3) is 1.64. The van der Waals surface area contributed by atoms with Gasteiger partial charge in [0.2, 0.25) is 12.0 Å². The highest BCUT2D eigenvalue weighted by Gasteiger charge is 2.43. The van der Waals surface area contributed by atoms with Crippen LogP contribution in [0.25, 0.3) is 0 Å². The summed E-state index contributed by atoms with van der Waals surface area (Å²) in [6.07, 6.45) is 4.91. The number of fused-ring (bicyclic) bond motifs is 1. The predicted octanol–water partition coefficient (Wildman–Crippen LogP) is 2.51. The van der Waals surface area contributed by atoms with Crippen LogP contribution in [0.5, 0.6) is 0 Å². The van der Waals surface area contributed by atoms with Crippen LogP contribution < -0.4 is 5.32 Å². The monoisotopic (exact) mass is 256 g/mol. The Hall–Kier alpha value is -1.93. The van der Waals surface area contributed by atoms with Crippen LogP contribution in [-0.4, -0.2) is 12.0 Å². The molecule has 1 saturated carbocycles. The van der Waals surface area contributed by atoms with Crippen LogP contribution in [0, 0.1) is 13.8 Å². The first-order valence-electron chi connectivity index (χ1n) is 6.60. The van der Waals surface area contributed by atoms with Gasteiger partial charge in [-0.05, 0) is 49.8 Å². The first-order chi connectivity index (χ1) is 9.07. The number of nitrogens with zero attached hydrogens (tertiary/aromatic N) is 1. The van der Waals surface area contributed by atoms with Crippen LogP contribution >= 0.6 is 0 Å². The Kier molecular flexibility index (Phi) is 2.58. The van der Waals surface area contributed by atoms with Crippen LogP contribution in [0.2, 0.25) is 0 Å². The van der Waals surface area contributed by atoms with Crippen molar-refractivity contribution in [1.29, 1.82) is 0 Å². The molecule has 1 aromatic carbocycles. The number of carbonyl (C=O) groups is 1. The van der Waals surface area contributed by atoms with E-state index >= 15 is 0 Å². The second-order valence-corrected chi connectivity index (χ2v) is 5.54. The quantitative estimate of drug-likeness (QED) is 0.653. The number of amides is 1. The maximum atomic E-state index is 11.6. The average molecular weight is 256 g/mol. The molecular weight excluding hydrogens is 240 g/mol. The number of aliphatic imine (C=N–C) groups is 1. The number of rotatable bonds is 2. The second-order valence-electron chi connectivity index (χ2n) is 5.54. The molecule has 0 bridgehead atoms. The molecule has 4 heteroatoms. The summed E-state index contributed by atoms with van der Waals surface area (Å²) in [5.74, 6) is 0.0193. The van der Waals surface area contributed by atoms with E-state index in [2.05, 4.69) is 16.4 Å². The number of anilines is 1. The van der Waals surface area contributed by atoms with Crippen molar-refractivity contribution >= 4 is 17.7 Å². The van der Waals surface area contributed by atoms with E-state index in [4.69, 9.17) is 0 Å². The Balaban J connectivity index is 2.26. The molecule has 19 heavy (non-hydrogen) atoms. The molecule has 1 heterocycles. The maximum absolute atomic E-state index is 11.6. The molecule has 0 aromatic heterocycles. The summed E-state index contributed by atoms with van der Waals surface area (Å²) in [5.41, 5.74) is 4.75. The minimum Gasteiger partial charge on any atom is -0.325 e. The normalized spacial score (nSPS) is 19.2. The van der Waals surface area contributed by atoms with Gasteiger partial charge in [0, 0.05) is 5.56 Å². The smallest absolute Gasteiger partial charge is 0.235 e. The van der Waals surface area contributed by atoms with Crippen molar-refractivity contribution in [2.75, 3.05) is 5.32 Å². The molecule has 1 aromatic rings. The van der Waals surface area contributed by atoms with Crippen molar-refractivity contribution in [1.82, 2.24) is 0 Å². The highest BCUT2D eigenvalue weighted by molar-refractivity contribution is 6.00. The summed E-state index contributed by atoms with van der Waals surface area (Å²) < 4.78 is 0. The fraction of sp³-hybridized carbons (Fsp3) is 0.467. The molecule has 1 amide bonds. The van der Waals surface area contributed by atoms with Gasteiger partial charge in [0.05, 0.1) is 12.1 Å². The summed E-state index contributed by atoms with van der Waals surface area (Å²) in [4.78, 5) is 26.5. The van der Waals surface area contributed by atoms with Crippen molar-refractivity contribution in [2.24, 2.45) is 4.99 Å². The van der Waals surface area contributed by atoms with E-state index in [1.54, 1.807) is 6.08 Å². The molecule has 1 fully saturated rings. The lowest BCUT2D eigenvalue weighted by Gasteiger charge is -2.39. The fourth-order valence-corrected chi connectivity index (χ4v) is 3.22. The number of hydrogen-bond acceptors (Lipinski definition) is 3. The lowest BCUT2D eigenvalue weighted by molar-refractivity contribution is -0.115. The first-order valence-corrected chi connectivity index (χ1v) is 6.60. The first kappa shape index (κ1) is 12.1. The Morgan fingerprint density at radius 3 is 2.68 bits per heavy atom. The summed E-state index contributed by atoms with van der Waals surface area (Å²) >= 11 is 0. The van der Waals surface area contributed by atoms with Gasteiger partial charge in [-0.3, -0.25) is 4.79 Å². The molecule has 2 aliphatic rings. The highest BCUT2D eigenvalue weighted by Crippen LogP contribution is 2.50. The van der Waals surface area contributed by atoms with Gasteiger partial charge in [0.25, 0.3) is 0 Å². The molecule has 1 aliphatic heterocycles. The molecule has 0 atom stereocenters. The van der Waals surface area contributed by atoms with Gasteiger partial charge < -0.3 is 5.32 Å². The fourth-order valence-electron chi connectivity index (χ4n) is 3.22. The zero-order valence-corrected chi connectivity index (χ0v) is 11.2. The standard InChI is InChI=1S/C15H16N2O2/c1-9-6-11-7-12(19)17-14(11)13(10(9)2)15(16-8-18)4-3-5-15/h6H,3-5,7H2,1-2H3,(H,17,19). The lowest BCUT2D eigenvalue weighted by Crippen LogP contribution is -2.34. The zero-order valence-electron chi connectivity index (χ0n) is 11.2. The molecule has 1 N–H and O–H groups in total. The number of nitrogens with one attached hydrogen (secondary N) is 1. The summed E-state index contributed by atoms with van der Waals surface area (Å²) in [6, 6.07) is 2.06. The Morgan fingerprint density at radius 2 is 2.11 bits per heavy atom. The van der Waals surface area contributed by atoms with Gasteiger partial charge in [-0.1, -0.05) is 6.07 Å². The topological polar surface area (TPSA) is 58.5 Å². The highest BCUT2D eigenvalue weighted by atomic mass is 16.1. The SMILES string of the molecule is Cc1cc2c(c(C3(N=C=O)CCC3)c1C)NC(=O)C2. The molecule has 0 spiro atoms. The predicted molar refractivity (Wildman–Crippen MR) is 71.9 cm³/mol. The summed E-state index contributed by atoms with van der Waals surface area (Å²) in [5, 5.41) is 2.94. The lowest BCUT2D eigenvalue weighted by atomic mass is 9.69. The minimum absolute atomic E-state index is 0.0193. The minimum atomic E-state index is -0.459. The van der Waals surface area contributed by atoms with E-state index in [9.17, 15) is 9.59 Å². The van der Waals surface area contributed by atoms with Gasteiger partial charge in [0.1, 0.15) is 5.54 Å². The van der Waals surface area contributed by atoms with Gasteiger partial charge >= 0.3 is 0 Å². The molecule has 98 valence electrons. The Morgan fingerprint density at radius 1 is 1.37 bits per heavy atom. The van der Waals surface area contributed by atoms with E-state index in [0.717, 1.165) is 47.2 Å². The molecule has 1 aliphatic carbocycles. The molecule has 3 rings (SSSR count). The van der Waals surface area contributed by atoms with Crippen LogP contribution in [0.1, 0.15) is 41.5 Å². The van der Waals surface area contributed by atoms with E-state index in [0.29, 0.717) is 6.42 Å². The van der Waals surface area contributed by atoms with Crippen LogP contribution in [-0.2, 0) is 21.5 Å². The third-order valence-electron chi connectivity index (χ3n) is 4.45. The Bertz CT molecular complexity index is 624. The van der Waals surface area contributed by atoms with E-state index in [1.807, 2.05) is 13.8 Å². The van der Waals surface area contributed by atoms with Crippen molar-refractivity contribution in [3.8, 4) is 0 Å². The van der Waals surface area contributed by atoms with Crippen molar-refractivity contribution in [3.05, 3.63) is 28.3 Å². The molecule has 0 unspecified atom stereocenters. The van der Waals surface area contributed by atoms with Crippen molar-refractivity contribution in [2.45, 2.75) is 45.1 Å². The summed E-state index contributed by atoms with van der Waals surface area (Å²) in [7, 11) is 0. The Labute approximate surface area is 111 Å². The number of isocyanates is 1. The molecule has 0 saturated heterocycles. The number of carbonyl (C=O) groups excluding carboxylic acids is 2. The van der Waals surface area contributed by atoms with Gasteiger partial charge in [-0.15, -0.1) is 0 Å². The third-order valence-corrected chi connectivity index (χ3v) is 4.45. The largest absolute Gasteiger partial charge is 0.325 e. The number of hydrogen-bond donors (Lipinski definition) is 1. The molecule has 4 nitrogen and oxygen atoms in total. The van der Waals surface area contributed by atoms with Crippen molar-refractivity contribution < 1.29 is 9.59 Å².